The number of rotatable bonds is 7. The molecule has 1 nitrogen and oxygen atoms in total. The van der Waals surface area contributed by atoms with Crippen LogP contribution in [0.2, 0.25) is 0 Å². The molecule has 0 N–H and O–H groups in total. The SMILES string of the molecule is C=CCOc1ccc2c(c1F)CCC(C1CCC3CC(CCCC)CCC3C1)C2. The number of hydrogen-bond acceptors (Lipinski definition) is 1. The van der Waals surface area contributed by atoms with Gasteiger partial charge in [0.1, 0.15) is 6.61 Å². The maximum absolute atomic E-state index is 14.8. The van der Waals surface area contributed by atoms with E-state index in [4.69, 9.17) is 4.74 Å². The second kappa shape index (κ2) is 9.67. The van der Waals surface area contributed by atoms with E-state index in [-0.39, 0.29) is 5.82 Å². The van der Waals surface area contributed by atoms with Crippen molar-refractivity contribution in [1.82, 2.24) is 0 Å². The monoisotopic (exact) mass is 398 g/mol. The van der Waals surface area contributed by atoms with Crippen LogP contribution >= 0.6 is 0 Å². The third-order valence-corrected chi connectivity index (χ3v) is 8.30. The van der Waals surface area contributed by atoms with E-state index in [9.17, 15) is 4.39 Å². The zero-order valence-electron chi connectivity index (χ0n) is 18.3. The largest absolute Gasteiger partial charge is 0.486 e. The van der Waals surface area contributed by atoms with Gasteiger partial charge < -0.3 is 4.74 Å². The summed E-state index contributed by atoms with van der Waals surface area (Å²) in [4.78, 5) is 0. The van der Waals surface area contributed by atoms with Gasteiger partial charge in [-0.15, -0.1) is 0 Å². The smallest absolute Gasteiger partial charge is 0.168 e. The molecule has 2 fully saturated rings. The van der Waals surface area contributed by atoms with Crippen LogP contribution in [0.4, 0.5) is 4.39 Å². The quantitative estimate of drug-likeness (QED) is 0.432. The summed E-state index contributed by atoms with van der Waals surface area (Å²) in [6.07, 6.45) is 17.7. The molecule has 0 saturated heterocycles. The molecule has 0 heterocycles. The molecular formula is C27H39FO. The molecule has 5 atom stereocenters. The van der Waals surface area contributed by atoms with Crippen molar-refractivity contribution in [2.24, 2.45) is 29.6 Å². The molecule has 5 unspecified atom stereocenters. The predicted molar refractivity (Wildman–Crippen MR) is 119 cm³/mol. The van der Waals surface area contributed by atoms with E-state index >= 15 is 0 Å². The second-order valence-electron chi connectivity index (χ2n) is 10.0. The normalized spacial score (nSPS) is 31.6. The Hall–Kier alpha value is -1.31. The first-order valence-electron chi connectivity index (χ1n) is 12.2. The first-order valence-corrected chi connectivity index (χ1v) is 12.2. The van der Waals surface area contributed by atoms with Crippen molar-refractivity contribution < 1.29 is 9.13 Å². The lowest BCUT2D eigenvalue weighted by molar-refractivity contribution is 0.0689. The van der Waals surface area contributed by atoms with Gasteiger partial charge in [0.2, 0.25) is 0 Å². The molecule has 1 aromatic rings. The molecule has 160 valence electrons. The van der Waals surface area contributed by atoms with Crippen molar-refractivity contribution in [3.8, 4) is 5.75 Å². The van der Waals surface area contributed by atoms with Crippen LogP contribution in [-0.2, 0) is 12.8 Å². The number of fused-ring (bicyclic) bond motifs is 2. The first-order chi connectivity index (χ1) is 14.2. The van der Waals surface area contributed by atoms with Crippen molar-refractivity contribution in [2.75, 3.05) is 6.61 Å². The molecule has 0 aromatic heterocycles. The molecule has 4 rings (SSSR count). The van der Waals surface area contributed by atoms with Gasteiger partial charge in [0.05, 0.1) is 0 Å². The standard InChI is InChI=1S/C27H39FO/c1-3-5-6-19-7-8-21-17-22(10-9-20(21)16-19)23-11-13-25-24(18-23)12-14-26(27(25)28)29-15-4-2/h4,12,14,19-23H,2-3,5-11,13,15-18H2,1H3. The van der Waals surface area contributed by atoms with Crippen LogP contribution in [-0.4, -0.2) is 6.61 Å². The first kappa shape index (κ1) is 20.9. The van der Waals surface area contributed by atoms with Gasteiger partial charge in [-0.2, -0.15) is 0 Å². The van der Waals surface area contributed by atoms with E-state index in [0.29, 0.717) is 12.4 Å². The number of hydrogen-bond donors (Lipinski definition) is 0. The Balaban J connectivity index is 1.35. The lowest BCUT2D eigenvalue weighted by Gasteiger charge is -2.45. The molecule has 3 aliphatic rings. The summed E-state index contributed by atoms with van der Waals surface area (Å²) >= 11 is 0. The summed E-state index contributed by atoms with van der Waals surface area (Å²) < 4.78 is 20.3. The molecule has 2 heteroatoms. The van der Waals surface area contributed by atoms with Crippen LogP contribution < -0.4 is 4.74 Å². The number of ether oxygens (including phenoxy) is 1. The van der Waals surface area contributed by atoms with Gasteiger partial charge in [-0.25, -0.2) is 4.39 Å². The van der Waals surface area contributed by atoms with Gasteiger partial charge in [0, 0.05) is 0 Å². The Morgan fingerprint density at radius 2 is 1.79 bits per heavy atom. The highest BCUT2D eigenvalue weighted by atomic mass is 19.1. The van der Waals surface area contributed by atoms with Crippen LogP contribution in [0.5, 0.6) is 5.75 Å². The van der Waals surface area contributed by atoms with Crippen LogP contribution in [0.15, 0.2) is 24.8 Å². The van der Waals surface area contributed by atoms with Crippen molar-refractivity contribution in [3.63, 3.8) is 0 Å². The van der Waals surface area contributed by atoms with Crippen LogP contribution in [0, 0.1) is 35.4 Å². The number of benzene rings is 1. The maximum Gasteiger partial charge on any atom is 0.168 e. The van der Waals surface area contributed by atoms with Gasteiger partial charge in [-0.1, -0.05) is 51.3 Å². The van der Waals surface area contributed by atoms with E-state index in [1.807, 2.05) is 6.07 Å². The van der Waals surface area contributed by atoms with E-state index in [2.05, 4.69) is 19.6 Å². The summed E-state index contributed by atoms with van der Waals surface area (Å²) in [5.41, 5.74) is 2.14. The summed E-state index contributed by atoms with van der Waals surface area (Å²) in [6.45, 7) is 6.34. The highest BCUT2D eigenvalue weighted by Gasteiger charge is 2.38. The minimum Gasteiger partial charge on any atom is -0.486 e. The van der Waals surface area contributed by atoms with E-state index in [1.165, 1.54) is 63.4 Å². The minimum absolute atomic E-state index is 0.128. The van der Waals surface area contributed by atoms with Gasteiger partial charge >= 0.3 is 0 Å². The molecule has 1 aromatic carbocycles. The predicted octanol–water partition coefficient (Wildman–Crippen LogP) is 7.52. The summed E-state index contributed by atoms with van der Waals surface area (Å²) in [7, 11) is 0. The fourth-order valence-electron chi connectivity index (χ4n) is 6.68. The van der Waals surface area contributed by atoms with E-state index < -0.39 is 0 Å². The Bertz CT molecular complexity index is 696. The highest BCUT2D eigenvalue weighted by molar-refractivity contribution is 5.39. The van der Waals surface area contributed by atoms with Crippen molar-refractivity contribution in [2.45, 2.75) is 84.0 Å². The fraction of sp³-hybridized carbons (Fsp3) is 0.704. The summed E-state index contributed by atoms with van der Waals surface area (Å²) in [5, 5.41) is 0. The van der Waals surface area contributed by atoms with Crippen LogP contribution in [0.25, 0.3) is 0 Å². The topological polar surface area (TPSA) is 9.23 Å². The lowest BCUT2D eigenvalue weighted by Crippen LogP contribution is -2.35. The molecular weight excluding hydrogens is 359 g/mol. The van der Waals surface area contributed by atoms with Crippen LogP contribution in [0.3, 0.4) is 0 Å². The zero-order chi connectivity index (χ0) is 20.2. The molecule has 0 bridgehead atoms. The molecule has 0 radical (unpaired) electrons. The summed E-state index contributed by atoms with van der Waals surface area (Å²) in [6, 6.07) is 3.95. The molecule has 0 aliphatic heterocycles. The van der Waals surface area contributed by atoms with Gasteiger partial charge in [-0.3, -0.25) is 0 Å². The van der Waals surface area contributed by atoms with E-state index in [1.54, 1.807) is 6.08 Å². The van der Waals surface area contributed by atoms with Crippen molar-refractivity contribution in [3.05, 3.63) is 41.7 Å². The van der Waals surface area contributed by atoms with Gasteiger partial charge in [0.25, 0.3) is 0 Å². The molecule has 29 heavy (non-hydrogen) atoms. The third-order valence-electron chi connectivity index (χ3n) is 8.30. The van der Waals surface area contributed by atoms with Crippen molar-refractivity contribution >= 4 is 0 Å². The van der Waals surface area contributed by atoms with E-state index in [0.717, 1.165) is 54.4 Å². The zero-order valence-corrected chi connectivity index (χ0v) is 18.3. The summed E-state index contributed by atoms with van der Waals surface area (Å²) in [5.74, 6) is 4.85. The second-order valence-corrected chi connectivity index (χ2v) is 10.0. The Labute approximate surface area is 177 Å². The van der Waals surface area contributed by atoms with Gasteiger partial charge in [-0.05, 0) is 98.1 Å². The van der Waals surface area contributed by atoms with Gasteiger partial charge in [0.15, 0.2) is 11.6 Å². The molecule has 0 amide bonds. The average Bonchev–Trinajstić information content (AvgIpc) is 2.76. The Kier molecular flexibility index (Phi) is 6.98. The number of halogens is 1. The third kappa shape index (κ3) is 4.72. The van der Waals surface area contributed by atoms with Crippen molar-refractivity contribution in [1.29, 1.82) is 0 Å². The maximum atomic E-state index is 14.8. The lowest BCUT2D eigenvalue weighted by atomic mass is 9.61. The highest BCUT2D eigenvalue weighted by Crippen LogP contribution is 2.49. The Morgan fingerprint density at radius 1 is 1.03 bits per heavy atom. The average molecular weight is 399 g/mol. The molecule has 0 spiro atoms. The van der Waals surface area contributed by atoms with Crippen LogP contribution in [0.1, 0.15) is 82.3 Å². The minimum atomic E-state index is -0.128. The Morgan fingerprint density at radius 3 is 2.59 bits per heavy atom. The molecule has 2 saturated carbocycles. The number of unbranched alkanes of at least 4 members (excludes halogenated alkanes) is 1. The molecule has 3 aliphatic carbocycles. The fourth-order valence-corrected chi connectivity index (χ4v) is 6.68.